The van der Waals surface area contributed by atoms with Crippen molar-refractivity contribution >= 4 is 23.4 Å². The van der Waals surface area contributed by atoms with Crippen LogP contribution in [0.25, 0.3) is 0 Å². The average Bonchev–Trinajstić information content (AvgIpc) is 3.19. The summed E-state index contributed by atoms with van der Waals surface area (Å²) in [5.41, 5.74) is 7.13. The number of fused-ring (bicyclic) bond motifs is 1. The highest BCUT2D eigenvalue weighted by atomic mass is 16.2. The van der Waals surface area contributed by atoms with Crippen molar-refractivity contribution in [2.75, 3.05) is 46.1 Å². The fourth-order valence-electron chi connectivity index (χ4n) is 4.48. The zero-order chi connectivity index (χ0) is 24.3. The molecule has 1 aromatic rings. The lowest BCUT2D eigenvalue weighted by Gasteiger charge is -2.37. The summed E-state index contributed by atoms with van der Waals surface area (Å²) in [6.07, 6.45) is 1.96. The van der Waals surface area contributed by atoms with Gasteiger partial charge in [0, 0.05) is 52.4 Å². The van der Waals surface area contributed by atoms with Crippen LogP contribution in [0.4, 0.5) is 5.69 Å². The van der Waals surface area contributed by atoms with Gasteiger partial charge in [0.05, 0.1) is 11.5 Å². The molecule has 182 valence electrons. The molecule has 0 aromatic heterocycles. The Morgan fingerprint density at radius 1 is 1.24 bits per heavy atom. The summed E-state index contributed by atoms with van der Waals surface area (Å²) in [5.74, 6) is -0.682. The molecule has 3 amide bonds. The Morgan fingerprint density at radius 2 is 1.94 bits per heavy atom. The van der Waals surface area contributed by atoms with Gasteiger partial charge in [-0.3, -0.25) is 19.4 Å². The largest absolute Gasteiger partial charge is 0.384 e. The topological polar surface area (TPSA) is 111 Å². The van der Waals surface area contributed by atoms with E-state index in [-0.39, 0.29) is 29.6 Å². The van der Waals surface area contributed by atoms with Crippen LogP contribution in [0.3, 0.4) is 0 Å². The summed E-state index contributed by atoms with van der Waals surface area (Å²) in [5, 5.41) is 9.61. The van der Waals surface area contributed by atoms with E-state index in [1.165, 1.54) is 0 Å². The quantitative estimate of drug-likeness (QED) is 0.526. The molecule has 33 heavy (non-hydrogen) atoms. The number of likely N-dealkylation sites (tertiary alicyclic amines) is 1. The molecule has 3 atom stereocenters. The van der Waals surface area contributed by atoms with E-state index in [9.17, 15) is 14.4 Å². The van der Waals surface area contributed by atoms with Gasteiger partial charge >= 0.3 is 0 Å². The van der Waals surface area contributed by atoms with Crippen molar-refractivity contribution in [2.24, 2.45) is 11.7 Å². The fraction of sp³-hybridized carbons (Fsp3) is 0.625. The molecular formula is C24H38N6O3. The van der Waals surface area contributed by atoms with E-state index >= 15 is 0 Å². The first kappa shape index (κ1) is 25.0. The number of hydrogen-bond acceptors (Lipinski definition) is 6. The minimum atomic E-state index is -1.10. The Hall–Kier alpha value is -2.65. The monoisotopic (exact) mass is 458 g/mol. The number of piperidine rings is 1. The summed E-state index contributed by atoms with van der Waals surface area (Å²) < 4.78 is 0. The number of benzene rings is 1. The number of para-hydroxylation sites is 1. The summed E-state index contributed by atoms with van der Waals surface area (Å²) in [7, 11) is 5.37. The Bertz CT molecular complexity index is 881. The molecule has 1 aromatic carbocycles. The van der Waals surface area contributed by atoms with Gasteiger partial charge in [-0.05, 0) is 44.7 Å². The maximum atomic E-state index is 13.6. The molecule has 9 nitrogen and oxygen atoms in total. The lowest BCUT2D eigenvalue weighted by atomic mass is 9.91. The van der Waals surface area contributed by atoms with Crippen LogP contribution in [0, 0.1) is 5.92 Å². The number of nitrogens with one attached hydrogen (secondary N) is 2. The second-order valence-corrected chi connectivity index (χ2v) is 9.98. The second kappa shape index (κ2) is 10.1. The zero-order valence-electron chi connectivity index (χ0n) is 20.4. The number of anilines is 1. The van der Waals surface area contributed by atoms with Crippen LogP contribution in [0.5, 0.6) is 0 Å². The predicted octanol–water partition coefficient (Wildman–Crippen LogP) is 0.982. The number of nitrogens with two attached hydrogens (primary N) is 1. The molecular weight excluding hydrogens is 420 g/mol. The molecule has 2 aliphatic heterocycles. The molecule has 0 spiro atoms. The third-order valence-electron chi connectivity index (χ3n) is 6.65. The summed E-state index contributed by atoms with van der Waals surface area (Å²) in [6.45, 7) is 4.89. The number of hydrogen-bond donors (Lipinski definition) is 3. The van der Waals surface area contributed by atoms with Gasteiger partial charge in [-0.25, -0.2) is 5.01 Å². The Balaban J connectivity index is 1.77. The van der Waals surface area contributed by atoms with E-state index in [1.807, 2.05) is 32.3 Å². The lowest BCUT2D eigenvalue weighted by molar-refractivity contribution is -0.150. The molecule has 2 aliphatic rings. The molecule has 1 unspecified atom stereocenters. The van der Waals surface area contributed by atoms with Crippen molar-refractivity contribution in [3.63, 3.8) is 0 Å². The lowest BCUT2D eigenvalue weighted by Crippen LogP contribution is -2.58. The van der Waals surface area contributed by atoms with Crippen LogP contribution < -0.4 is 16.4 Å². The molecule has 0 saturated carbocycles. The maximum Gasteiger partial charge on any atom is 0.245 e. The minimum Gasteiger partial charge on any atom is -0.384 e. The van der Waals surface area contributed by atoms with Gasteiger partial charge in [-0.1, -0.05) is 18.2 Å². The molecule has 2 heterocycles. The summed E-state index contributed by atoms with van der Waals surface area (Å²) in [6, 6.07) is 7.34. The van der Waals surface area contributed by atoms with Crippen molar-refractivity contribution in [2.45, 2.75) is 50.6 Å². The first-order chi connectivity index (χ1) is 15.5. The number of nitrogens with zero attached hydrogens (tertiary/aromatic N) is 3. The Morgan fingerprint density at radius 3 is 2.61 bits per heavy atom. The predicted molar refractivity (Wildman–Crippen MR) is 128 cm³/mol. The first-order valence-corrected chi connectivity index (χ1v) is 11.6. The zero-order valence-corrected chi connectivity index (χ0v) is 20.4. The van der Waals surface area contributed by atoms with E-state index in [0.717, 1.165) is 24.1 Å². The number of hydrazine groups is 1. The van der Waals surface area contributed by atoms with Gasteiger partial charge in [0.15, 0.2) is 0 Å². The van der Waals surface area contributed by atoms with Crippen molar-refractivity contribution < 1.29 is 14.4 Å². The van der Waals surface area contributed by atoms with Crippen molar-refractivity contribution in [1.29, 1.82) is 0 Å². The van der Waals surface area contributed by atoms with E-state index < -0.39 is 11.6 Å². The Kier molecular flexibility index (Phi) is 7.64. The fourth-order valence-corrected chi connectivity index (χ4v) is 4.48. The van der Waals surface area contributed by atoms with Gasteiger partial charge in [0.25, 0.3) is 0 Å². The molecule has 1 fully saturated rings. The summed E-state index contributed by atoms with van der Waals surface area (Å²) in [4.78, 5) is 41.0. The summed E-state index contributed by atoms with van der Waals surface area (Å²) >= 11 is 0. The van der Waals surface area contributed by atoms with E-state index in [0.29, 0.717) is 26.1 Å². The first-order valence-electron chi connectivity index (χ1n) is 11.6. The van der Waals surface area contributed by atoms with Crippen molar-refractivity contribution in [1.82, 2.24) is 20.2 Å². The van der Waals surface area contributed by atoms with Crippen LogP contribution in [-0.2, 0) is 14.4 Å². The molecule has 3 rings (SSSR count). The molecule has 0 aliphatic carbocycles. The van der Waals surface area contributed by atoms with Gasteiger partial charge in [0.2, 0.25) is 17.7 Å². The van der Waals surface area contributed by atoms with E-state index in [4.69, 9.17) is 5.73 Å². The maximum absolute atomic E-state index is 13.6. The minimum absolute atomic E-state index is 0.00454. The number of amides is 3. The molecule has 1 saturated heterocycles. The van der Waals surface area contributed by atoms with Crippen LogP contribution in [0.1, 0.15) is 44.6 Å². The molecule has 4 N–H and O–H groups in total. The third kappa shape index (κ3) is 5.83. The van der Waals surface area contributed by atoms with E-state index in [2.05, 4.69) is 16.7 Å². The van der Waals surface area contributed by atoms with Crippen LogP contribution in [-0.4, -0.2) is 85.0 Å². The Labute approximate surface area is 196 Å². The van der Waals surface area contributed by atoms with Crippen molar-refractivity contribution in [3.05, 3.63) is 29.8 Å². The van der Waals surface area contributed by atoms with Crippen LogP contribution in [0.2, 0.25) is 0 Å². The van der Waals surface area contributed by atoms with Crippen LogP contribution in [0.15, 0.2) is 24.3 Å². The van der Waals surface area contributed by atoms with Gasteiger partial charge < -0.3 is 21.3 Å². The van der Waals surface area contributed by atoms with Gasteiger partial charge in [-0.2, -0.15) is 0 Å². The SMILES string of the molecule is CN(C)N(C)C(=O)[C@H]1CCCN(C(=O)[C@@H](CC2CNc3ccccc32)NC(=O)C(C)(C)N)C1. The van der Waals surface area contributed by atoms with Crippen molar-refractivity contribution in [3.8, 4) is 0 Å². The highest BCUT2D eigenvalue weighted by Gasteiger charge is 2.37. The molecule has 0 radical (unpaired) electrons. The third-order valence-corrected chi connectivity index (χ3v) is 6.65. The number of carbonyl (C=O) groups excluding carboxylic acids is 3. The average molecular weight is 459 g/mol. The number of carbonyl (C=O) groups is 3. The number of rotatable bonds is 7. The normalized spacial score (nSPS) is 21.2. The smallest absolute Gasteiger partial charge is 0.245 e. The highest BCUT2D eigenvalue weighted by Crippen LogP contribution is 2.34. The van der Waals surface area contributed by atoms with Gasteiger partial charge in [-0.15, -0.1) is 0 Å². The standard InChI is InChI=1S/C24H38N6O3/c1-24(2,25)23(33)27-20(13-17-14-26-19-11-7-6-10-18(17)19)22(32)30-12-8-9-16(15-30)21(31)29(5)28(3)4/h6-7,10-11,16-17,20,26H,8-9,12-15,25H2,1-5H3,(H,27,33)/t16-,17?,20+/m0/s1. The molecule has 0 bridgehead atoms. The highest BCUT2D eigenvalue weighted by molar-refractivity contribution is 5.92. The van der Waals surface area contributed by atoms with E-state index in [1.54, 1.807) is 35.8 Å². The van der Waals surface area contributed by atoms with Crippen LogP contribution >= 0.6 is 0 Å². The molecule has 9 heteroatoms. The van der Waals surface area contributed by atoms with Gasteiger partial charge in [0.1, 0.15) is 6.04 Å². The second-order valence-electron chi connectivity index (χ2n) is 9.98.